The van der Waals surface area contributed by atoms with E-state index in [0.717, 1.165) is 0 Å². The summed E-state index contributed by atoms with van der Waals surface area (Å²) in [7, 11) is -4.01. The van der Waals surface area contributed by atoms with Crippen molar-refractivity contribution in [2.75, 3.05) is 0 Å². The number of rotatable bonds is 8. The topological polar surface area (TPSA) is 74.6 Å². The lowest BCUT2D eigenvalue weighted by molar-refractivity contribution is 0.459. The minimum absolute atomic E-state index is 0.0391. The van der Waals surface area contributed by atoms with Crippen LogP contribution in [0.3, 0.4) is 0 Å². The second-order valence-electron chi connectivity index (χ2n) is 11.7. The van der Waals surface area contributed by atoms with Crippen LogP contribution >= 0.6 is 0 Å². The number of phenols is 2. The molecule has 0 saturated carbocycles. The van der Waals surface area contributed by atoms with Crippen LogP contribution in [0.1, 0.15) is 152 Å². The van der Waals surface area contributed by atoms with Gasteiger partial charge in [-0.2, -0.15) is 0 Å². The lowest BCUT2D eigenvalue weighted by atomic mass is 9.85. The lowest BCUT2D eigenvalue weighted by Gasteiger charge is -2.29. The Morgan fingerprint density at radius 1 is 0.486 bits per heavy atom. The highest BCUT2D eigenvalue weighted by Crippen LogP contribution is 2.48. The van der Waals surface area contributed by atoms with Crippen molar-refractivity contribution in [3.05, 3.63) is 45.5 Å². The normalized spacial score (nSPS) is 12.9. The molecule has 0 saturated heterocycles. The van der Waals surface area contributed by atoms with Gasteiger partial charge in [-0.1, -0.05) is 83.1 Å². The van der Waals surface area contributed by atoms with Gasteiger partial charge in [0, 0.05) is 11.1 Å². The van der Waals surface area contributed by atoms with E-state index in [0.29, 0.717) is 43.2 Å². The van der Waals surface area contributed by atoms with Crippen molar-refractivity contribution in [1.29, 1.82) is 0 Å². The fourth-order valence-corrected chi connectivity index (χ4v) is 8.02. The highest BCUT2D eigenvalue weighted by molar-refractivity contribution is 7.91. The monoisotopic (exact) mass is 502 g/mol. The van der Waals surface area contributed by atoms with Crippen LogP contribution in [0.4, 0.5) is 0 Å². The number of hydrogen-bond donors (Lipinski definition) is 2. The van der Waals surface area contributed by atoms with Gasteiger partial charge in [-0.15, -0.1) is 0 Å². The van der Waals surface area contributed by atoms with E-state index in [1.807, 2.05) is 83.1 Å². The first-order valence-corrected chi connectivity index (χ1v) is 14.5. The number of phenolic OH excluding ortho intramolecular Hbond substituents is 2. The maximum atomic E-state index is 14.9. The summed E-state index contributed by atoms with van der Waals surface area (Å²) in [5, 5.41) is 22.0. The number of hydrogen-bond acceptors (Lipinski definition) is 4. The minimum Gasteiger partial charge on any atom is -0.508 e. The van der Waals surface area contributed by atoms with Gasteiger partial charge in [0.15, 0.2) is 0 Å². The highest BCUT2D eigenvalue weighted by Gasteiger charge is 2.37. The summed E-state index contributed by atoms with van der Waals surface area (Å²) >= 11 is 0. The van der Waals surface area contributed by atoms with E-state index in [4.69, 9.17) is 0 Å². The smallest absolute Gasteiger partial charge is 0.207 e. The van der Waals surface area contributed by atoms with E-state index in [2.05, 4.69) is 0 Å². The SMILES string of the molecule is CC(C)c1cc(O)c(C(C)C)c(C(C)C)c1S(=O)(=O)c1c(C(C)C)cc(O)c(C(C)C)c1C(C)C. The molecular formula is C30H46O4S. The van der Waals surface area contributed by atoms with Gasteiger partial charge in [-0.25, -0.2) is 8.42 Å². The summed E-state index contributed by atoms with van der Waals surface area (Å²) in [5.74, 6) is -0.166. The van der Waals surface area contributed by atoms with Gasteiger partial charge in [-0.05, 0) is 69.9 Å². The zero-order valence-corrected chi connectivity index (χ0v) is 24.6. The lowest BCUT2D eigenvalue weighted by Crippen LogP contribution is -2.19. The van der Waals surface area contributed by atoms with Gasteiger partial charge < -0.3 is 10.2 Å². The molecule has 4 nitrogen and oxygen atoms in total. The van der Waals surface area contributed by atoms with Gasteiger partial charge in [0.05, 0.1) is 9.79 Å². The Morgan fingerprint density at radius 3 is 0.943 bits per heavy atom. The molecule has 0 radical (unpaired) electrons. The van der Waals surface area contributed by atoms with Gasteiger partial charge >= 0.3 is 0 Å². The second-order valence-corrected chi connectivity index (χ2v) is 13.5. The Bertz CT molecular complexity index is 1100. The third kappa shape index (κ3) is 5.26. The minimum atomic E-state index is -4.01. The van der Waals surface area contributed by atoms with Gasteiger partial charge in [0.25, 0.3) is 0 Å². The zero-order chi connectivity index (χ0) is 27.2. The first-order valence-electron chi connectivity index (χ1n) is 13.0. The largest absolute Gasteiger partial charge is 0.508 e. The summed E-state index contributed by atoms with van der Waals surface area (Å²) in [6, 6.07) is 3.32. The Morgan fingerprint density at radius 2 is 0.743 bits per heavy atom. The van der Waals surface area contributed by atoms with Crippen LogP contribution in [0.15, 0.2) is 21.9 Å². The highest BCUT2D eigenvalue weighted by atomic mass is 32.2. The quantitative estimate of drug-likeness (QED) is 0.379. The first kappa shape index (κ1) is 29.2. The van der Waals surface area contributed by atoms with Crippen molar-refractivity contribution < 1.29 is 18.6 Å². The third-order valence-electron chi connectivity index (χ3n) is 6.82. The molecule has 0 heterocycles. The van der Waals surface area contributed by atoms with Crippen LogP contribution in [0.25, 0.3) is 0 Å². The van der Waals surface area contributed by atoms with E-state index in [1.54, 1.807) is 12.1 Å². The van der Waals surface area contributed by atoms with Gasteiger partial charge in [0.2, 0.25) is 9.84 Å². The average Bonchev–Trinajstić information content (AvgIpc) is 2.70. The Labute approximate surface area is 213 Å². The van der Waals surface area contributed by atoms with Crippen molar-refractivity contribution in [2.45, 2.75) is 128 Å². The number of aromatic hydroxyl groups is 2. The fraction of sp³-hybridized carbons (Fsp3) is 0.600. The van der Waals surface area contributed by atoms with Crippen molar-refractivity contribution in [2.24, 2.45) is 0 Å². The molecule has 0 fully saturated rings. The molecule has 35 heavy (non-hydrogen) atoms. The molecular weight excluding hydrogens is 456 g/mol. The molecule has 0 amide bonds. The van der Waals surface area contributed by atoms with E-state index in [9.17, 15) is 18.6 Å². The maximum absolute atomic E-state index is 14.9. The van der Waals surface area contributed by atoms with Gasteiger partial charge in [0.1, 0.15) is 11.5 Å². The molecule has 0 bridgehead atoms. The van der Waals surface area contributed by atoms with Crippen molar-refractivity contribution in [3.63, 3.8) is 0 Å². The molecule has 0 spiro atoms. The second kappa shape index (κ2) is 10.5. The van der Waals surface area contributed by atoms with Crippen molar-refractivity contribution in [1.82, 2.24) is 0 Å². The molecule has 2 rings (SSSR count). The van der Waals surface area contributed by atoms with Crippen LogP contribution in [0.2, 0.25) is 0 Å². The molecule has 5 heteroatoms. The molecule has 2 aromatic rings. The van der Waals surface area contributed by atoms with Crippen LogP contribution < -0.4 is 0 Å². The molecule has 0 aliphatic carbocycles. The van der Waals surface area contributed by atoms with Gasteiger partial charge in [-0.3, -0.25) is 0 Å². The molecule has 2 N–H and O–H groups in total. The number of sulfone groups is 1. The maximum Gasteiger partial charge on any atom is 0.207 e. The van der Waals surface area contributed by atoms with E-state index in [-0.39, 0.29) is 47.0 Å². The molecule has 0 aliphatic rings. The Hall–Kier alpha value is -2.01. The average molecular weight is 503 g/mol. The predicted octanol–water partition coefficient (Wildman–Crippen LogP) is 8.67. The third-order valence-corrected chi connectivity index (χ3v) is 8.81. The fourth-order valence-electron chi connectivity index (χ4n) is 5.33. The first-order chi connectivity index (χ1) is 16.0. The Kier molecular flexibility index (Phi) is 8.80. The molecule has 0 atom stereocenters. The van der Waals surface area contributed by atoms with Crippen LogP contribution in [0, 0.1) is 0 Å². The summed E-state index contributed by atoms with van der Waals surface area (Å²) in [4.78, 5) is 0.654. The summed E-state index contributed by atoms with van der Waals surface area (Å²) in [6.07, 6.45) is 0. The zero-order valence-electron chi connectivity index (χ0n) is 23.7. The molecule has 0 unspecified atom stereocenters. The molecule has 0 aromatic heterocycles. The van der Waals surface area contributed by atoms with Crippen LogP contribution in [-0.4, -0.2) is 18.6 Å². The van der Waals surface area contributed by atoms with Crippen molar-refractivity contribution >= 4 is 9.84 Å². The molecule has 196 valence electrons. The van der Waals surface area contributed by atoms with E-state index in [1.165, 1.54) is 0 Å². The Balaban J connectivity index is 3.30. The standard InChI is InChI=1S/C30H46O4S/c1-15(2)21-13-23(31)25(17(5)6)27(19(9)10)29(21)35(33,34)30-22(16(3)4)14-24(32)26(18(7)8)28(30)20(11)12/h13-20,31-32H,1-12H3. The summed E-state index contributed by atoms with van der Waals surface area (Å²) in [6.45, 7) is 23.8. The molecule has 2 aromatic carbocycles. The van der Waals surface area contributed by atoms with Crippen LogP contribution in [-0.2, 0) is 9.84 Å². The van der Waals surface area contributed by atoms with Crippen molar-refractivity contribution in [3.8, 4) is 11.5 Å². The summed E-state index contributed by atoms with van der Waals surface area (Å²) in [5.41, 5.74) is 4.07. The van der Waals surface area contributed by atoms with Crippen LogP contribution in [0.5, 0.6) is 11.5 Å². The predicted molar refractivity (Wildman–Crippen MR) is 146 cm³/mol. The number of benzene rings is 2. The molecule has 0 aliphatic heterocycles. The van der Waals surface area contributed by atoms with E-state index < -0.39 is 9.84 Å². The van der Waals surface area contributed by atoms with E-state index >= 15 is 0 Å². The summed E-state index contributed by atoms with van der Waals surface area (Å²) < 4.78 is 29.9.